The molecule has 1 aromatic rings. The number of amides is 1. The Kier molecular flexibility index (Phi) is 6.21. The van der Waals surface area contributed by atoms with Crippen molar-refractivity contribution in [1.29, 1.82) is 0 Å². The molecule has 24 heavy (non-hydrogen) atoms. The molecule has 1 aromatic carbocycles. The van der Waals surface area contributed by atoms with E-state index in [1.165, 1.54) is 0 Å². The molecule has 2 unspecified atom stereocenters. The number of sulfonamides is 1. The van der Waals surface area contributed by atoms with Crippen molar-refractivity contribution in [2.45, 2.75) is 17.4 Å². The minimum Gasteiger partial charge on any atom is -0.391 e. The number of halogens is 2. The molecule has 0 aromatic heterocycles. The molecule has 2 atom stereocenters. The number of aliphatic hydroxyl groups excluding tert-OH is 1. The second-order valence-corrected chi connectivity index (χ2v) is 7.28. The van der Waals surface area contributed by atoms with Gasteiger partial charge in [-0.3, -0.25) is 4.79 Å². The van der Waals surface area contributed by atoms with Crippen LogP contribution in [-0.4, -0.2) is 51.7 Å². The van der Waals surface area contributed by atoms with Crippen LogP contribution in [0.4, 0.5) is 8.78 Å². The van der Waals surface area contributed by atoms with E-state index < -0.39 is 32.7 Å². The zero-order chi connectivity index (χ0) is 17.7. The Morgan fingerprint density at radius 1 is 1.29 bits per heavy atom. The summed E-state index contributed by atoms with van der Waals surface area (Å²) in [6.45, 7) is 1.19. The molecule has 0 aliphatic carbocycles. The lowest BCUT2D eigenvalue weighted by atomic mass is 10.1. The van der Waals surface area contributed by atoms with E-state index in [0.29, 0.717) is 25.7 Å². The summed E-state index contributed by atoms with van der Waals surface area (Å²) >= 11 is 0. The van der Waals surface area contributed by atoms with E-state index in [4.69, 9.17) is 0 Å². The third kappa shape index (κ3) is 4.94. The lowest BCUT2D eigenvalue weighted by molar-refractivity contribution is -0.121. The van der Waals surface area contributed by atoms with Gasteiger partial charge in [-0.2, -0.15) is 0 Å². The number of aliphatic hydroxyl groups is 1. The predicted molar refractivity (Wildman–Crippen MR) is 81.5 cm³/mol. The standard InChI is InChI=1S/C14H19F2N3O4S/c15-11-2-1-10(5-12(11)16)24(22,23)19-4-3-14(21)18-7-9-6-17-8-13(9)20/h1-2,5,9,13,17,19-20H,3-4,6-8H2,(H,18,21). The van der Waals surface area contributed by atoms with E-state index in [-0.39, 0.29) is 24.8 Å². The molecule has 1 aliphatic rings. The highest BCUT2D eigenvalue weighted by atomic mass is 32.2. The summed E-state index contributed by atoms with van der Waals surface area (Å²) < 4.78 is 51.9. The second kappa shape index (κ2) is 7.97. The molecule has 1 fully saturated rings. The van der Waals surface area contributed by atoms with Crippen molar-refractivity contribution >= 4 is 15.9 Å². The lowest BCUT2D eigenvalue weighted by Crippen LogP contribution is -2.36. The average molecular weight is 363 g/mol. The summed E-state index contributed by atoms with van der Waals surface area (Å²) in [5.74, 6) is -2.86. The number of hydrogen-bond acceptors (Lipinski definition) is 5. The highest BCUT2D eigenvalue weighted by Gasteiger charge is 2.25. The van der Waals surface area contributed by atoms with Crippen molar-refractivity contribution in [2.24, 2.45) is 5.92 Å². The fourth-order valence-corrected chi connectivity index (χ4v) is 3.33. The molecule has 1 saturated heterocycles. The molecule has 2 rings (SSSR count). The van der Waals surface area contributed by atoms with Crippen molar-refractivity contribution in [3.63, 3.8) is 0 Å². The minimum absolute atomic E-state index is 0.0761. The fourth-order valence-electron chi connectivity index (χ4n) is 2.29. The van der Waals surface area contributed by atoms with E-state index in [9.17, 15) is 27.1 Å². The molecule has 0 bridgehead atoms. The maximum Gasteiger partial charge on any atom is 0.240 e. The Bertz CT molecular complexity index is 699. The molecule has 0 radical (unpaired) electrons. The molecule has 1 heterocycles. The van der Waals surface area contributed by atoms with Gasteiger partial charge in [-0.25, -0.2) is 21.9 Å². The Labute approximate surface area is 138 Å². The summed E-state index contributed by atoms with van der Waals surface area (Å²) in [6, 6.07) is 2.24. The zero-order valence-electron chi connectivity index (χ0n) is 12.8. The highest BCUT2D eigenvalue weighted by Crippen LogP contribution is 2.13. The van der Waals surface area contributed by atoms with Gasteiger partial charge in [0.2, 0.25) is 15.9 Å². The first-order valence-electron chi connectivity index (χ1n) is 7.40. The molecule has 4 N–H and O–H groups in total. The summed E-state index contributed by atoms with van der Waals surface area (Å²) in [6.07, 6.45) is -0.628. The summed E-state index contributed by atoms with van der Waals surface area (Å²) in [5, 5.41) is 15.2. The Morgan fingerprint density at radius 2 is 2.04 bits per heavy atom. The molecule has 0 spiro atoms. The van der Waals surface area contributed by atoms with Crippen LogP contribution >= 0.6 is 0 Å². The number of hydrogen-bond donors (Lipinski definition) is 4. The maximum absolute atomic E-state index is 13.1. The maximum atomic E-state index is 13.1. The molecule has 1 amide bonds. The van der Waals surface area contributed by atoms with Crippen molar-refractivity contribution in [3.05, 3.63) is 29.8 Å². The van der Waals surface area contributed by atoms with Crippen LogP contribution < -0.4 is 15.4 Å². The van der Waals surface area contributed by atoms with Gasteiger partial charge in [-0.05, 0) is 18.2 Å². The van der Waals surface area contributed by atoms with Crippen LogP contribution in [-0.2, 0) is 14.8 Å². The molecular weight excluding hydrogens is 344 g/mol. The largest absolute Gasteiger partial charge is 0.391 e. The van der Waals surface area contributed by atoms with Crippen molar-refractivity contribution in [1.82, 2.24) is 15.4 Å². The van der Waals surface area contributed by atoms with Crippen molar-refractivity contribution in [2.75, 3.05) is 26.2 Å². The third-order valence-electron chi connectivity index (χ3n) is 3.71. The number of carbonyl (C=O) groups is 1. The number of rotatable bonds is 7. The Balaban J connectivity index is 1.77. The van der Waals surface area contributed by atoms with Crippen LogP contribution in [0.5, 0.6) is 0 Å². The normalized spacial score (nSPS) is 21.0. The van der Waals surface area contributed by atoms with Gasteiger partial charge in [0.1, 0.15) is 0 Å². The third-order valence-corrected chi connectivity index (χ3v) is 5.17. The molecule has 10 heteroatoms. The average Bonchev–Trinajstić information content (AvgIpc) is 2.93. The first-order chi connectivity index (χ1) is 11.3. The molecule has 1 aliphatic heterocycles. The van der Waals surface area contributed by atoms with Gasteiger partial charge in [-0.15, -0.1) is 0 Å². The summed E-state index contributed by atoms with van der Waals surface area (Å²) in [4.78, 5) is 11.3. The van der Waals surface area contributed by atoms with Gasteiger partial charge >= 0.3 is 0 Å². The minimum atomic E-state index is -4.02. The van der Waals surface area contributed by atoms with E-state index in [0.717, 1.165) is 12.1 Å². The summed E-state index contributed by atoms with van der Waals surface area (Å²) in [7, 11) is -4.02. The van der Waals surface area contributed by atoms with Gasteiger partial charge in [-0.1, -0.05) is 0 Å². The Morgan fingerprint density at radius 3 is 2.67 bits per heavy atom. The van der Waals surface area contributed by atoms with Crippen LogP contribution in [0.3, 0.4) is 0 Å². The van der Waals surface area contributed by atoms with Crippen LogP contribution in [0.15, 0.2) is 23.1 Å². The quantitative estimate of drug-likeness (QED) is 0.514. The molecule has 7 nitrogen and oxygen atoms in total. The van der Waals surface area contributed by atoms with Gasteiger partial charge in [0.25, 0.3) is 0 Å². The van der Waals surface area contributed by atoms with Gasteiger partial charge in [0.15, 0.2) is 11.6 Å². The number of carbonyl (C=O) groups excluding carboxylic acids is 1. The highest BCUT2D eigenvalue weighted by molar-refractivity contribution is 7.89. The number of benzene rings is 1. The first kappa shape index (κ1) is 18.7. The fraction of sp³-hybridized carbons (Fsp3) is 0.500. The topological polar surface area (TPSA) is 108 Å². The number of β-amino-alcohol motifs (C(OH)–C–C–N with tert-alkyl or cyclic N) is 1. The predicted octanol–water partition coefficient (Wildman–Crippen LogP) is -0.670. The SMILES string of the molecule is O=C(CCNS(=O)(=O)c1ccc(F)c(F)c1)NCC1CNCC1O. The van der Waals surface area contributed by atoms with Gasteiger partial charge < -0.3 is 15.7 Å². The zero-order valence-corrected chi connectivity index (χ0v) is 13.6. The van der Waals surface area contributed by atoms with Crippen LogP contribution in [0.25, 0.3) is 0 Å². The van der Waals surface area contributed by atoms with E-state index in [1.54, 1.807) is 0 Å². The van der Waals surface area contributed by atoms with E-state index >= 15 is 0 Å². The number of nitrogens with one attached hydrogen (secondary N) is 3. The van der Waals surface area contributed by atoms with Crippen LogP contribution in [0.2, 0.25) is 0 Å². The van der Waals surface area contributed by atoms with Crippen molar-refractivity contribution in [3.8, 4) is 0 Å². The Hall–Kier alpha value is -1.62. The molecular formula is C14H19F2N3O4S. The monoisotopic (exact) mass is 363 g/mol. The lowest BCUT2D eigenvalue weighted by Gasteiger charge is -2.14. The van der Waals surface area contributed by atoms with Crippen molar-refractivity contribution < 1.29 is 27.1 Å². The molecule has 0 saturated carbocycles. The smallest absolute Gasteiger partial charge is 0.240 e. The van der Waals surface area contributed by atoms with Crippen LogP contribution in [0.1, 0.15) is 6.42 Å². The van der Waals surface area contributed by atoms with Crippen LogP contribution in [0, 0.1) is 17.6 Å². The van der Waals surface area contributed by atoms with E-state index in [1.807, 2.05) is 0 Å². The second-order valence-electron chi connectivity index (χ2n) is 5.51. The van der Waals surface area contributed by atoms with Gasteiger partial charge in [0, 0.05) is 38.5 Å². The van der Waals surface area contributed by atoms with Gasteiger partial charge in [0.05, 0.1) is 11.0 Å². The molecule has 134 valence electrons. The summed E-state index contributed by atoms with van der Waals surface area (Å²) in [5.41, 5.74) is 0. The van der Waals surface area contributed by atoms with E-state index in [2.05, 4.69) is 15.4 Å². The first-order valence-corrected chi connectivity index (χ1v) is 8.88.